The van der Waals surface area contributed by atoms with E-state index in [-0.39, 0.29) is 11.2 Å². The molecule has 0 saturated carbocycles. The van der Waals surface area contributed by atoms with Gasteiger partial charge >= 0.3 is 0 Å². The fraction of sp³-hybridized carbons (Fsp3) is 0.235. The highest BCUT2D eigenvalue weighted by Crippen LogP contribution is 2.24. The number of carbonyl (C=O) groups excluding carboxylic acids is 1. The molecule has 0 aliphatic heterocycles. The molecule has 2 aromatic rings. The first-order valence-electron chi connectivity index (χ1n) is 7.38. The minimum absolute atomic E-state index is 0.168. The minimum Gasteiger partial charge on any atom is -0.323 e. The van der Waals surface area contributed by atoms with Crippen molar-refractivity contribution in [2.24, 2.45) is 0 Å². The largest absolute Gasteiger partial charge is 0.323 e. The lowest BCUT2D eigenvalue weighted by molar-refractivity contribution is -0.115. The van der Waals surface area contributed by atoms with E-state index < -0.39 is 10.0 Å². The molecule has 1 unspecified atom stereocenters. The Morgan fingerprint density at radius 3 is 2.25 bits per heavy atom. The molecule has 2 N–H and O–H groups in total. The maximum Gasteiger partial charge on any atom is 0.237 e. The molecule has 2 rings (SSSR count). The average molecular weight is 364 g/mol. The second kappa shape index (κ2) is 8.21. The Bertz CT molecular complexity index is 792. The molecule has 0 bridgehead atoms. The van der Waals surface area contributed by atoms with Gasteiger partial charge in [0.25, 0.3) is 0 Å². The van der Waals surface area contributed by atoms with Gasteiger partial charge in [-0.15, -0.1) is 11.8 Å². The van der Waals surface area contributed by atoms with E-state index in [9.17, 15) is 13.2 Å². The van der Waals surface area contributed by atoms with E-state index in [4.69, 9.17) is 0 Å². The topological polar surface area (TPSA) is 75.3 Å². The molecule has 2 aromatic carbocycles. The average Bonchev–Trinajstić information content (AvgIpc) is 2.54. The normalized spacial score (nSPS) is 12.4. The Morgan fingerprint density at radius 1 is 1.04 bits per heavy atom. The van der Waals surface area contributed by atoms with Gasteiger partial charge in [0.15, 0.2) is 0 Å². The summed E-state index contributed by atoms with van der Waals surface area (Å²) in [6.45, 7) is 1.83. The van der Waals surface area contributed by atoms with E-state index in [1.54, 1.807) is 24.3 Å². The minimum atomic E-state index is -3.41. The number of rotatable bonds is 7. The number of amides is 1. The summed E-state index contributed by atoms with van der Waals surface area (Å²) < 4.78 is 25.2. The van der Waals surface area contributed by atoms with Crippen molar-refractivity contribution in [2.45, 2.75) is 17.9 Å². The first kappa shape index (κ1) is 18.4. The number of sulfonamides is 1. The summed E-state index contributed by atoms with van der Waals surface area (Å²) >= 11 is 1.53. The highest BCUT2D eigenvalue weighted by atomic mass is 32.2. The maximum absolute atomic E-state index is 12.3. The maximum atomic E-state index is 12.3. The third-order valence-electron chi connectivity index (χ3n) is 3.19. The quantitative estimate of drug-likeness (QED) is 0.790. The van der Waals surface area contributed by atoms with E-state index in [1.165, 1.54) is 11.8 Å². The van der Waals surface area contributed by atoms with E-state index in [1.807, 2.05) is 37.3 Å². The third kappa shape index (κ3) is 5.90. The van der Waals surface area contributed by atoms with Gasteiger partial charge in [0.2, 0.25) is 15.9 Å². The molecule has 128 valence electrons. The predicted molar refractivity (Wildman–Crippen MR) is 101 cm³/mol. The number of nitrogens with one attached hydrogen (secondary N) is 2. The molecule has 1 atom stereocenters. The van der Waals surface area contributed by atoms with Gasteiger partial charge in [-0.1, -0.05) is 42.5 Å². The van der Waals surface area contributed by atoms with Crippen LogP contribution in [0.15, 0.2) is 54.6 Å². The van der Waals surface area contributed by atoms with Crippen molar-refractivity contribution in [3.63, 3.8) is 0 Å². The Balaban J connectivity index is 1.99. The van der Waals surface area contributed by atoms with Crippen molar-refractivity contribution in [2.75, 3.05) is 16.3 Å². The zero-order chi connectivity index (χ0) is 17.6. The summed E-state index contributed by atoms with van der Waals surface area (Å²) in [5.74, 6) is 0.567. The monoisotopic (exact) mass is 364 g/mol. The van der Waals surface area contributed by atoms with Gasteiger partial charge in [-0.2, -0.15) is 0 Å². The van der Waals surface area contributed by atoms with Gasteiger partial charge < -0.3 is 5.32 Å². The number of carbonyl (C=O) groups is 1. The summed E-state index contributed by atoms with van der Waals surface area (Å²) in [7, 11) is -3.41. The Morgan fingerprint density at radius 2 is 1.62 bits per heavy atom. The SMILES string of the molecule is CC(SCc1ccccc1)C(=O)Nc1ccccc1NS(C)(=O)=O. The van der Waals surface area contributed by atoms with Crippen molar-refractivity contribution in [3.05, 3.63) is 60.2 Å². The van der Waals surface area contributed by atoms with Crippen molar-refractivity contribution in [1.29, 1.82) is 0 Å². The van der Waals surface area contributed by atoms with Gasteiger partial charge in [-0.3, -0.25) is 9.52 Å². The summed E-state index contributed by atoms with van der Waals surface area (Å²) in [6.07, 6.45) is 1.07. The zero-order valence-corrected chi connectivity index (χ0v) is 15.2. The van der Waals surface area contributed by atoms with Crippen LogP contribution in [0.2, 0.25) is 0 Å². The van der Waals surface area contributed by atoms with Crippen LogP contribution >= 0.6 is 11.8 Å². The Labute approximate surface area is 146 Å². The van der Waals surface area contributed by atoms with Crippen LogP contribution in [-0.4, -0.2) is 25.8 Å². The predicted octanol–water partition coefficient (Wildman–Crippen LogP) is 3.32. The van der Waals surface area contributed by atoms with Crippen LogP contribution in [0.25, 0.3) is 0 Å². The fourth-order valence-corrected chi connectivity index (χ4v) is 3.41. The lowest BCUT2D eigenvalue weighted by Gasteiger charge is -2.15. The molecule has 5 nitrogen and oxygen atoms in total. The second-order valence-electron chi connectivity index (χ2n) is 5.35. The summed E-state index contributed by atoms with van der Waals surface area (Å²) in [5.41, 5.74) is 1.95. The first-order chi connectivity index (χ1) is 11.3. The van der Waals surface area contributed by atoms with Crippen molar-refractivity contribution in [3.8, 4) is 0 Å². The van der Waals surface area contributed by atoms with E-state index in [2.05, 4.69) is 10.0 Å². The molecule has 0 aliphatic rings. The standard InChI is InChI=1S/C17H20N2O3S2/c1-13(23-12-14-8-4-3-5-9-14)17(20)18-15-10-6-7-11-16(15)19-24(2,21)22/h3-11,13,19H,12H2,1-2H3,(H,18,20). The van der Waals surface area contributed by atoms with Crippen LogP contribution in [-0.2, 0) is 20.6 Å². The number of para-hydroxylation sites is 2. The van der Waals surface area contributed by atoms with Crippen LogP contribution in [0.1, 0.15) is 12.5 Å². The lowest BCUT2D eigenvalue weighted by Crippen LogP contribution is -2.23. The molecule has 24 heavy (non-hydrogen) atoms. The zero-order valence-electron chi connectivity index (χ0n) is 13.5. The molecule has 0 aromatic heterocycles. The van der Waals surface area contributed by atoms with Crippen LogP contribution in [0, 0.1) is 0 Å². The Kier molecular flexibility index (Phi) is 6.28. The third-order valence-corrected chi connectivity index (χ3v) is 5.00. The smallest absolute Gasteiger partial charge is 0.237 e. The molecule has 1 amide bonds. The van der Waals surface area contributed by atoms with Crippen molar-refractivity contribution in [1.82, 2.24) is 0 Å². The number of hydrogen-bond acceptors (Lipinski definition) is 4. The van der Waals surface area contributed by atoms with E-state index in [0.29, 0.717) is 11.4 Å². The number of thioether (sulfide) groups is 1. The molecule has 0 fully saturated rings. The van der Waals surface area contributed by atoms with Gasteiger partial charge in [0.1, 0.15) is 0 Å². The molecule has 0 spiro atoms. The van der Waals surface area contributed by atoms with Crippen LogP contribution in [0.5, 0.6) is 0 Å². The highest BCUT2D eigenvalue weighted by Gasteiger charge is 2.16. The van der Waals surface area contributed by atoms with Crippen molar-refractivity contribution >= 4 is 39.1 Å². The van der Waals surface area contributed by atoms with Crippen LogP contribution in [0.3, 0.4) is 0 Å². The number of benzene rings is 2. The molecule has 0 radical (unpaired) electrons. The van der Waals surface area contributed by atoms with E-state index in [0.717, 1.165) is 17.6 Å². The number of anilines is 2. The Hall–Kier alpha value is -1.99. The molecule has 0 heterocycles. The lowest BCUT2D eigenvalue weighted by atomic mass is 10.2. The van der Waals surface area contributed by atoms with Gasteiger partial charge in [0, 0.05) is 5.75 Å². The highest BCUT2D eigenvalue weighted by molar-refractivity contribution is 7.99. The van der Waals surface area contributed by atoms with E-state index >= 15 is 0 Å². The molecule has 0 saturated heterocycles. The first-order valence-corrected chi connectivity index (χ1v) is 10.3. The fourth-order valence-electron chi connectivity index (χ4n) is 1.99. The van der Waals surface area contributed by atoms with Crippen molar-refractivity contribution < 1.29 is 13.2 Å². The van der Waals surface area contributed by atoms with Gasteiger partial charge in [0.05, 0.1) is 22.9 Å². The summed E-state index contributed by atoms with van der Waals surface area (Å²) in [5, 5.41) is 2.52. The molecular weight excluding hydrogens is 344 g/mol. The van der Waals surface area contributed by atoms with Crippen LogP contribution < -0.4 is 10.0 Å². The van der Waals surface area contributed by atoms with Gasteiger partial charge in [-0.05, 0) is 24.6 Å². The second-order valence-corrected chi connectivity index (χ2v) is 8.43. The van der Waals surface area contributed by atoms with Crippen LogP contribution in [0.4, 0.5) is 11.4 Å². The molecule has 7 heteroatoms. The summed E-state index contributed by atoms with van der Waals surface area (Å²) in [4.78, 5) is 12.3. The molecule has 0 aliphatic carbocycles. The number of hydrogen-bond donors (Lipinski definition) is 2. The summed E-state index contributed by atoms with van der Waals surface area (Å²) in [6, 6.07) is 16.6. The molecular formula is C17H20N2O3S2. The van der Waals surface area contributed by atoms with Gasteiger partial charge in [-0.25, -0.2) is 8.42 Å².